The summed E-state index contributed by atoms with van der Waals surface area (Å²) in [6.07, 6.45) is 0. The Bertz CT molecular complexity index is 492. The zero-order valence-corrected chi connectivity index (χ0v) is 12.6. The fourth-order valence-corrected chi connectivity index (χ4v) is 1.66. The van der Waals surface area contributed by atoms with Gasteiger partial charge in [0.2, 0.25) is 5.91 Å². The van der Waals surface area contributed by atoms with Crippen molar-refractivity contribution in [3.8, 4) is 0 Å². The van der Waals surface area contributed by atoms with Gasteiger partial charge in [0, 0.05) is 18.2 Å². The van der Waals surface area contributed by atoms with Crippen LogP contribution in [0.2, 0.25) is 0 Å². The van der Waals surface area contributed by atoms with Gasteiger partial charge in [-0.3, -0.25) is 14.9 Å². The number of nitrogens with zero attached hydrogens (tertiary/aromatic N) is 1. The van der Waals surface area contributed by atoms with Crippen LogP contribution in [0.1, 0.15) is 25.0 Å². The molecule has 0 radical (unpaired) electrons. The summed E-state index contributed by atoms with van der Waals surface area (Å²) in [6, 6.07) is 4.23. The fraction of sp³-hybridized carbons (Fsp3) is 0.462. The van der Waals surface area contributed by atoms with Gasteiger partial charge in [-0.25, -0.2) is 0 Å². The summed E-state index contributed by atoms with van der Waals surface area (Å²) in [4.78, 5) is 22.1. The third kappa shape index (κ3) is 4.47. The largest absolute Gasteiger partial charge is 0.351 e. The van der Waals surface area contributed by atoms with Crippen LogP contribution in [0.3, 0.4) is 0 Å². The van der Waals surface area contributed by atoms with Crippen molar-refractivity contribution in [2.24, 2.45) is 11.7 Å². The van der Waals surface area contributed by atoms with E-state index in [2.05, 4.69) is 5.32 Å². The van der Waals surface area contributed by atoms with Gasteiger partial charge in [-0.15, -0.1) is 12.4 Å². The summed E-state index contributed by atoms with van der Waals surface area (Å²) in [5, 5.41) is 13.5. The minimum absolute atomic E-state index is 0. The molecule has 112 valence electrons. The Labute approximate surface area is 124 Å². The molecule has 3 N–H and O–H groups in total. The van der Waals surface area contributed by atoms with Crippen molar-refractivity contribution in [2.75, 3.05) is 0 Å². The lowest BCUT2D eigenvalue weighted by Gasteiger charge is -2.15. The number of hydrogen-bond donors (Lipinski definition) is 2. The lowest BCUT2D eigenvalue weighted by Crippen LogP contribution is -2.43. The van der Waals surface area contributed by atoms with Crippen molar-refractivity contribution in [1.82, 2.24) is 5.32 Å². The van der Waals surface area contributed by atoms with E-state index < -0.39 is 11.0 Å². The molecule has 0 unspecified atom stereocenters. The minimum atomic E-state index is -0.570. The van der Waals surface area contributed by atoms with Crippen molar-refractivity contribution >= 4 is 24.0 Å². The van der Waals surface area contributed by atoms with Crippen LogP contribution in [0.5, 0.6) is 0 Å². The summed E-state index contributed by atoms with van der Waals surface area (Å²) in [5.41, 5.74) is 7.06. The molecule has 0 saturated carbocycles. The summed E-state index contributed by atoms with van der Waals surface area (Å²) >= 11 is 0. The molecule has 7 heteroatoms. The molecule has 0 heterocycles. The molecule has 6 nitrogen and oxygen atoms in total. The number of nitro benzene ring substituents is 1. The number of nitrogens with one attached hydrogen (secondary N) is 1. The Balaban J connectivity index is 0.00000361. The van der Waals surface area contributed by atoms with Crippen LogP contribution in [0.4, 0.5) is 5.69 Å². The number of hydrogen-bond acceptors (Lipinski definition) is 4. The Morgan fingerprint density at radius 2 is 2.05 bits per heavy atom. The van der Waals surface area contributed by atoms with Gasteiger partial charge in [-0.1, -0.05) is 26.0 Å². The molecule has 0 bridgehead atoms. The van der Waals surface area contributed by atoms with Crippen LogP contribution in [-0.4, -0.2) is 16.9 Å². The zero-order chi connectivity index (χ0) is 14.6. The molecule has 0 aliphatic rings. The third-order valence-corrected chi connectivity index (χ3v) is 3.09. The summed E-state index contributed by atoms with van der Waals surface area (Å²) < 4.78 is 0. The number of halogens is 1. The van der Waals surface area contributed by atoms with E-state index in [0.717, 1.165) is 5.56 Å². The Morgan fingerprint density at radius 3 is 2.55 bits per heavy atom. The number of carbonyl (C=O) groups is 1. The molecule has 1 aromatic rings. The fourth-order valence-electron chi connectivity index (χ4n) is 1.66. The van der Waals surface area contributed by atoms with E-state index in [1.54, 1.807) is 19.1 Å². The van der Waals surface area contributed by atoms with Gasteiger partial charge < -0.3 is 11.1 Å². The number of benzene rings is 1. The standard InChI is InChI=1S/C13H19N3O3.ClH/c1-8(2)12(14)13(17)15-7-10-5-4-6-11(9(10)3)16(18)19;/h4-6,8,12H,7,14H2,1-3H3,(H,15,17);1H/t12-;/m1./s1. The molecular formula is C13H20ClN3O3. The molecule has 0 aliphatic carbocycles. The van der Waals surface area contributed by atoms with E-state index in [0.29, 0.717) is 5.56 Å². The van der Waals surface area contributed by atoms with Gasteiger partial charge in [0.05, 0.1) is 11.0 Å². The van der Waals surface area contributed by atoms with Crippen molar-refractivity contribution in [1.29, 1.82) is 0 Å². The number of carbonyl (C=O) groups excluding carboxylic acids is 1. The van der Waals surface area contributed by atoms with Gasteiger partial charge in [0.25, 0.3) is 5.69 Å². The van der Waals surface area contributed by atoms with E-state index in [-0.39, 0.29) is 36.5 Å². The first-order chi connectivity index (χ1) is 8.84. The maximum Gasteiger partial charge on any atom is 0.272 e. The maximum absolute atomic E-state index is 11.7. The highest BCUT2D eigenvalue weighted by Crippen LogP contribution is 2.20. The number of rotatable bonds is 5. The second-order valence-corrected chi connectivity index (χ2v) is 4.81. The number of amides is 1. The molecule has 1 aromatic carbocycles. The first-order valence-corrected chi connectivity index (χ1v) is 6.10. The monoisotopic (exact) mass is 301 g/mol. The second-order valence-electron chi connectivity index (χ2n) is 4.81. The van der Waals surface area contributed by atoms with Crippen molar-refractivity contribution in [3.05, 3.63) is 39.4 Å². The predicted octanol–water partition coefficient (Wildman–Crippen LogP) is 1.92. The van der Waals surface area contributed by atoms with Crippen molar-refractivity contribution in [2.45, 2.75) is 33.4 Å². The Morgan fingerprint density at radius 1 is 1.45 bits per heavy atom. The number of nitrogens with two attached hydrogens (primary N) is 1. The quantitative estimate of drug-likeness (QED) is 0.641. The van der Waals surface area contributed by atoms with Gasteiger partial charge >= 0.3 is 0 Å². The van der Waals surface area contributed by atoms with Crippen LogP contribution in [-0.2, 0) is 11.3 Å². The summed E-state index contributed by atoms with van der Waals surface area (Å²) in [7, 11) is 0. The lowest BCUT2D eigenvalue weighted by atomic mass is 10.0. The molecule has 0 fully saturated rings. The van der Waals surface area contributed by atoms with Crippen LogP contribution in [0.25, 0.3) is 0 Å². The van der Waals surface area contributed by atoms with E-state index in [4.69, 9.17) is 5.73 Å². The highest BCUT2D eigenvalue weighted by atomic mass is 35.5. The molecule has 0 saturated heterocycles. The van der Waals surface area contributed by atoms with Gasteiger partial charge in [-0.05, 0) is 18.4 Å². The summed E-state index contributed by atoms with van der Waals surface area (Å²) in [6.45, 7) is 5.64. The van der Waals surface area contributed by atoms with Crippen LogP contribution >= 0.6 is 12.4 Å². The predicted molar refractivity (Wildman–Crippen MR) is 79.7 cm³/mol. The molecule has 0 spiro atoms. The zero-order valence-electron chi connectivity index (χ0n) is 11.8. The summed E-state index contributed by atoms with van der Waals surface area (Å²) in [5.74, 6) is -0.202. The average Bonchev–Trinajstić information content (AvgIpc) is 2.35. The molecule has 0 aromatic heterocycles. The third-order valence-electron chi connectivity index (χ3n) is 3.09. The van der Waals surface area contributed by atoms with Gasteiger partial charge in [0.1, 0.15) is 0 Å². The Kier molecular flexibility index (Phi) is 7.17. The molecule has 1 amide bonds. The molecule has 1 rings (SSSR count). The smallest absolute Gasteiger partial charge is 0.272 e. The van der Waals surface area contributed by atoms with Crippen LogP contribution in [0.15, 0.2) is 18.2 Å². The van der Waals surface area contributed by atoms with Crippen LogP contribution in [0, 0.1) is 23.0 Å². The van der Waals surface area contributed by atoms with E-state index in [1.165, 1.54) is 6.07 Å². The normalized spacial score (nSPS) is 11.7. The highest BCUT2D eigenvalue weighted by Gasteiger charge is 2.18. The van der Waals surface area contributed by atoms with Gasteiger partial charge in [-0.2, -0.15) is 0 Å². The minimum Gasteiger partial charge on any atom is -0.351 e. The van der Waals surface area contributed by atoms with Crippen molar-refractivity contribution in [3.63, 3.8) is 0 Å². The van der Waals surface area contributed by atoms with Crippen LogP contribution < -0.4 is 11.1 Å². The lowest BCUT2D eigenvalue weighted by molar-refractivity contribution is -0.385. The maximum atomic E-state index is 11.7. The molecular weight excluding hydrogens is 282 g/mol. The topological polar surface area (TPSA) is 98.3 Å². The first-order valence-electron chi connectivity index (χ1n) is 6.10. The molecule has 20 heavy (non-hydrogen) atoms. The van der Waals surface area contributed by atoms with E-state index in [1.807, 2.05) is 13.8 Å². The highest BCUT2D eigenvalue weighted by molar-refractivity contribution is 5.85. The first kappa shape index (κ1) is 18.3. The van der Waals surface area contributed by atoms with Gasteiger partial charge in [0.15, 0.2) is 0 Å². The average molecular weight is 302 g/mol. The van der Waals surface area contributed by atoms with E-state index >= 15 is 0 Å². The second kappa shape index (κ2) is 7.81. The molecule has 1 atom stereocenters. The number of nitro groups is 1. The molecule has 0 aliphatic heterocycles. The van der Waals surface area contributed by atoms with E-state index in [9.17, 15) is 14.9 Å². The SMILES string of the molecule is Cc1c(CNC(=O)[C@H](N)C(C)C)cccc1[N+](=O)[O-].Cl. The Hall–Kier alpha value is -1.66. The van der Waals surface area contributed by atoms with Crippen molar-refractivity contribution < 1.29 is 9.72 Å².